The molecular weight excluding hydrogens is 424 g/mol. The van der Waals surface area contributed by atoms with Crippen molar-refractivity contribution in [2.24, 2.45) is 0 Å². The Bertz CT molecular complexity index is 1210. The number of nitrogens with one attached hydrogen (secondary N) is 1. The molecule has 2 heterocycles. The van der Waals surface area contributed by atoms with Crippen molar-refractivity contribution in [1.82, 2.24) is 10.3 Å². The third-order valence-corrected chi connectivity index (χ3v) is 6.24. The Morgan fingerprint density at radius 1 is 1.20 bits per heavy atom. The molecule has 2 aromatic carbocycles. The fraction of sp³-hybridized carbons (Fsp3) is 0.182. The second-order valence-electron chi connectivity index (χ2n) is 7.11. The number of hydrogen-bond donors (Lipinski definition) is 1. The summed E-state index contributed by atoms with van der Waals surface area (Å²) in [6.07, 6.45) is 3.14. The van der Waals surface area contributed by atoms with Gasteiger partial charge in [0.1, 0.15) is 17.0 Å². The summed E-state index contributed by atoms with van der Waals surface area (Å²) in [6, 6.07) is 15.7. The molecule has 0 saturated carbocycles. The lowest BCUT2D eigenvalue weighted by Crippen LogP contribution is -2.34. The minimum Gasteiger partial charge on any atom is -0.487 e. The Morgan fingerprint density at radius 3 is 2.67 bits per heavy atom. The summed E-state index contributed by atoms with van der Waals surface area (Å²) >= 11 is 5.84. The maximum atomic E-state index is 12.3. The molecule has 30 heavy (non-hydrogen) atoms. The molecule has 0 radical (unpaired) electrons. The second-order valence-corrected chi connectivity index (χ2v) is 9.51. The summed E-state index contributed by atoms with van der Waals surface area (Å²) in [7, 11) is -3.25. The Kier molecular flexibility index (Phi) is 5.49. The fourth-order valence-electron chi connectivity index (χ4n) is 3.41. The van der Waals surface area contributed by atoms with E-state index in [4.69, 9.17) is 16.3 Å². The van der Waals surface area contributed by atoms with Crippen LogP contribution in [0.3, 0.4) is 0 Å². The van der Waals surface area contributed by atoms with Gasteiger partial charge in [-0.25, -0.2) is 13.4 Å². The maximum Gasteiger partial charge on any atom is 0.251 e. The first kappa shape index (κ1) is 20.4. The average molecular weight is 443 g/mol. The number of sulfone groups is 1. The van der Waals surface area contributed by atoms with Crippen LogP contribution in [0.15, 0.2) is 65.7 Å². The Balaban J connectivity index is 1.48. The number of nitrogens with zero attached hydrogens (tertiary/aromatic N) is 1. The molecule has 4 rings (SSSR count). The van der Waals surface area contributed by atoms with Crippen LogP contribution in [0.2, 0.25) is 5.15 Å². The zero-order valence-electron chi connectivity index (χ0n) is 16.1. The largest absolute Gasteiger partial charge is 0.487 e. The highest BCUT2D eigenvalue weighted by molar-refractivity contribution is 7.90. The number of amides is 1. The number of para-hydroxylation sites is 1. The molecule has 154 valence electrons. The molecule has 1 aliphatic rings. The number of carbonyl (C=O) groups excluding carboxylic acids is 1. The van der Waals surface area contributed by atoms with Crippen LogP contribution in [0, 0.1) is 0 Å². The lowest BCUT2D eigenvalue weighted by molar-refractivity contribution is 0.0933. The Labute approximate surface area is 179 Å². The van der Waals surface area contributed by atoms with E-state index in [9.17, 15) is 13.2 Å². The molecule has 0 fully saturated rings. The fourth-order valence-corrected chi connectivity index (χ4v) is 4.22. The van der Waals surface area contributed by atoms with E-state index in [0.29, 0.717) is 18.5 Å². The van der Waals surface area contributed by atoms with Gasteiger partial charge in [-0.15, -0.1) is 0 Å². The van der Waals surface area contributed by atoms with Gasteiger partial charge in [0.2, 0.25) is 0 Å². The van der Waals surface area contributed by atoms with E-state index in [1.807, 2.05) is 18.2 Å². The first-order valence-corrected chi connectivity index (χ1v) is 11.6. The minimum atomic E-state index is -3.25. The lowest BCUT2D eigenvalue weighted by atomic mass is 10.0. The number of halogens is 1. The molecule has 0 saturated heterocycles. The van der Waals surface area contributed by atoms with Gasteiger partial charge in [-0.2, -0.15) is 0 Å². The zero-order valence-corrected chi connectivity index (χ0v) is 17.7. The number of fused-ring (bicyclic) bond motifs is 1. The third kappa shape index (κ3) is 4.32. The lowest BCUT2D eigenvalue weighted by Gasteiger charge is -2.14. The number of carbonyl (C=O) groups is 1. The highest BCUT2D eigenvalue weighted by atomic mass is 35.5. The summed E-state index contributed by atoms with van der Waals surface area (Å²) < 4.78 is 29.5. The number of benzene rings is 2. The van der Waals surface area contributed by atoms with Crippen molar-refractivity contribution in [3.63, 3.8) is 0 Å². The average Bonchev–Trinajstić information content (AvgIpc) is 3.14. The molecular formula is C22H19ClN2O4S. The molecule has 1 amide bonds. The second kappa shape index (κ2) is 8.08. The van der Waals surface area contributed by atoms with Gasteiger partial charge in [0.15, 0.2) is 9.84 Å². The number of ether oxygens (including phenoxy) is 1. The predicted octanol–water partition coefficient (Wildman–Crippen LogP) is 3.54. The van der Waals surface area contributed by atoms with Crippen LogP contribution in [0.5, 0.6) is 5.75 Å². The highest BCUT2D eigenvalue weighted by Gasteiger charge is 2.26. The summed E-state index contributed by atoms with van der Waals surface area (Å²) in [6.45, 7) is 0.347. The molecule has 0 bridgehead atoms. The molecule has 1 N–H and O–H groups in total. The van der Waals surface area contributed by atoms with E-state index in [0.717, 1.165) is 22.4 Å². The van der Waals surface area contributed by atoms with E-state index in [-0.39, 0.29) is 22.1 Å². The van der Waals surface area contributed by atoms with Crippen LogP contribution in [0.4, 0.5) is 0 Å². The van der Waals surface area contributed by atoms with Crippen molar-refractivity contribution < 1.29 is 17.9 Å². The number of hydrogen-bond acceptors (Lipinski definition) is 5. The van der Waals surface area contributed by atoms with Crippen LogP contribution in [0.1, 0.15) is 15.9 Å². The summed E-state index contributed by atoms with van der Waals surface area (Å²) in [5.74, 6) is 0.520. The van der Waals surface area contributed by atoms with Crippen molar-refractivity contribution in [3.05, 3.63) is 77.1 Å². The number of rotatable bonds is 5. The van der Waals surface area contributed by atoms with E-state index in [2.05, 4.69) is 10.3 Å². The first-order chi connectivity index (χ1) is 14.3. The van der Waals surface area contributed by atoms with Crippen molar-refractivity contribution in [2.75, 3.05) is 12.8 Å². The SMILES string of the molecule is CS(=O)(=O)c1ccc(-c2cccc3c2OC(CNC(=O)c2ccnc(Cl)c2)C3)cc1. The standard InChI is InChI=1S/C22H19ClN2O4S/c1-30(27,28)18-7-5-14(6-8-18)19-4-2-3-15-11-17(29-21(15)19)13-25-22(26)16-9-10-24-20(23)12-16/h2-10,12,17H,11,13H2,1H3,(H,25,26). The van der Waals surface area contributed by atoms with Gasteiger partial charge in [0.25, 0.3) is 5.91 Å². The van der Waals surface area contributed by atoms with Gasteiger partial charge in [-0.1, -0.05) is 41.9 Å². The predicted molar refractivity (Wildman–Crippen MR) is 115 cm³/mol. The Morgan fingerprint density at radius 2 is 1.97 bits per heavy atom. The highest BCUT2D eigenvalue weighted by Crippen LogP contribution is 2.38. The molecule has 1 aliphatic heterocycles. The first-order valence-electron chi connectivity index (χ1n) is 9.30. The van der Waals surface area contributed by atoms with Crippen LogP contribution in [-0.2, 0) is 16.3 Å². The van der Waals surface area contributed by atoms with Crippen molar-refractivity contribution in [2.45, 2.75) is 17.4 Å². The number of aromatic nitrogens is 1. The van der Waals surface area contributed by atoms with E-state index in [1.54, 1.807) is 30.3 Å². The normalized spacial score (nSPS) is 15.3. The molecule has 1 aromatic heterocycles. The van der Waals surface area contributed by atoms with Crippen molar-refractivity contribution >= 4 is 27.3 Å². The van der Waals surface area contributed by atoms with Crippen LogP contribution in [0.25, 0.3) is 11.1 Å². The quantitative estimate of drug-likeness (QED) is 0.611. The maximum absolute atomic E-state index is 12.3. The molecule has 6 nitrogen and oxygen atoms in total. The van der Waals surface area contributed by atoms with E-state index in [1.165, 1.54) is 18.5 Å². The summed E-state index contributed by atoms with van der Waals surface area (Å²) in [5, 5.41) is 3.13. The van der Waals surface area contributed by atoms with Gasteiger partial charge in [-0.3, -0.25) is 4.79 Å². The molecule has 1 atom stereocenters. The summed E-state index contributed by atoms with van der Waals surface area (Å²) in [5.41, 5.74) is 3.25. The molecule has 0 aliphatic carbocycles. The van der Waals surface area contributed by atoms with Gasteiger partial charge < -0.3 is 10.1 Å². The van der Waals surface area contributed by atoms with Crippen LogP contribution in [-0.4, -0.2) is 38.2 Å². The zero-order chi connectivity index (χ0) is 21.3. The molecule has 0 spiro atoms. The smallest absolute Gasteiger partial charge is 0.251 e. The van der Waals surface area contributed by atoms with E-state index >= 15 is 0 Å². The van der Waals surface area contributed by atoms with Crippen LogP contribution < -0.4 is 10.1 Å². The molecule has 3 aromatic rings. The van der Waals surface area contributed by atoms with Gasteiger partial charge >= 0.3 is 0 Å². The third-order valence-electron chi connectivity index (χ3n) is 4.90. The number of pyridine rings is 1. The minimum absolute atomic E-state index is 0.197. The molecule has 1 unspecified atom stereocenters. The monoisotopic (exact) mass is 442 g/mol. The summed E-state index contributed by atoms with van der Waals surface area (Å²) in [4.78, 5) is 16.5. The van der Waals surface area contributed by atoms with Crippen LogP contribution >= 0.6 is 11.6 Å². The topological polar surface area (TPSA) is 85.4 Å². The van der Waals surface area contributed by atoms with Gasteiger partial charge in [0, 0.05) is 30.0 Å². The Hall–Kier alpha value is -2.90. The van der Waals surface area contributed by atoms with Gasteiger partial charge in [-0.05, 0) is 35.4 Å². The van der Waals surface area contributed by atoms with Crippen molar-refractivity contribution in [3.8, 4) is 16.9 Å². The molecule has 8 heteroatoms. The van der Waals surface area contributed by atoms with Gasteiger partial charge in [0.05, 0.1) is 11.4 Å². The van der Waals surface area contributed by atoms with Crippen molar-refractivity contribution in [1.29, 1.82) is 0 Å². The van der Waals surface area contributed by atoms with E-state index < -0.39 is 9.84 Å².